The number of ether oxygens (including phenoxy) is 6. The van der Waals surface area contributed by atoms with E-state index in [2.05, 4.69) is 246 Å². The first-order valence-corrected chi connectivity index (χ1v) is 54.7. The van der Waals surface area contributed by atoms with Crippen LogP contribution in [-0.4, -0.2) is 108 Å². The number of hydrogen-bond acceptors (Lipinski definition) is 21. The third-order valence-electron chi connectivity index (χ3n) is 19.2. The number of ketones is 9. The van der Waals surface area contributed by atoms with Crippen LogP contribution in [0.15, 0.2) is 60.7 Å². The molecule has 2 unspecified atom stereocenters. The SMILES string of the molecule is C.CC(C)(C)C(=O)C(=O)C(C)(C)C.CC(C)(C)C(=O)C(C)(C)C.CC(C)(C)C(=O)OCOC(=O)C(C)(C)C.CC(C)(C)CC(C)(C)C.CC(C)(C)CC(C)(C)C.CC(C)C(=O)C(=O)C(C)C.CC(C)C(=O)C(C)C.CC(C)C(=O)OCOC(=O)C(C)C.CC(C)CC(C)C.CC(C)CC(C)C.CC(CC(C)c1ccccc1)c1ccccc1.CCC(=O)C(=O)CC.CCC(=O)CC.CCC(=O)OCOC(=O)CC.CCCCC. The Morgan fingerprint density at radius 2 is 0.486 bits per heavy atom. The van der Waals surface area contributed by atoms with E-state index < -0.39 is 21.7 Å². The van der Waals surface area contributed by atoms with E-state index >= 15 is 0 Å². The summed E-state index contributed by atoms with van der Waals surface area (Å²) in [7, 11) is 0. The average Bonchev–Trinajstić information content (AvgIpc) is 0.836. The Balaban J connectivity index is -0.000000109. The van der Waals surface area contributed by atoms with Crippen LogP contribution in [0.5, 0.6) is 0 Å². The molecule has 0 bridgehead atoms. The van der Waals surface area contributed by atoms with Crippen LogP contribution in [0.2, 0.25) is 0 Å². The fraction of sp³-hybridized carbons (Fsp3) is 0.787. The van der Waals surface area contributed by atoms with Gasteiger partial charge in [0.1, 0.15) is 17.3 Å². The summed E-state index contributed by atoms with van der Waals surface area (Å²) in [5.74, 6) is 1.63. The highest BCUT2D eigenvalue weighted by Gasteiger charge is 2.36. The molecule has 0 aliphatic heterocycles. The molecule has 2 atom stereocenters. The molecule has 0 amide bonds. The molecular weight excluding hydrogens is 1860 g/mol. The van der Waals surface area contributed by atoms with Gasteiger partial charge < -0.3 is 28.4 Å². The maximum atomic E-state index is 11.5. The van der Waals surface area contributed by atoms with Gasteiger partial charge in [-0.25, -0.2) is 0 Å². The minimum atomic E-state index is -0.575. The Kier molecular flexibility index (Phi) is 103. The number of esters is 6. The van der Waals surface area contributed by atoms with Crippen molar-refractivity contribution in [2.75, 3.05) is 20.4 Å². The molecule has 21 heteroatoms. The van der Waals surface area contributed by atoms with Crippen molar-refractivity contribution in [3.8, 4) is 0 Å². The molecule has 0 radical (unpaired) electrons. The van der Waals surface area contributed by atoms with E-state index in [0.717, 1.165) is 23.7 Å². The van der Waals surface area contributed by atoms with E-state index in [-0.39, 0.29) is 145 Å². The summed E-state index contributed by atoms with van der Waals surface area (Å²) in [6.07, 6.45) is 13.2. The quantitative estimate of drug-likeness (QED) is 0.0293. The standard InChI is InChI=1S/C17H20.C11H20O4.C10H18O2.C9H16O4.C9H18O.2C9H20.C8H14O2.C7H12O4.C7H14O.2C7H16.C6H10O2.C5H10O.C5H12.CH4/c1-14(16-9-5-3-6-10-16)13-15(2)17-11-7-4-8-12-17;1-10(2,3)8(12)14-7-15-9(13)11(4,5)6;1-9(2,3)7(11)8(12)10(4,5)6;1-6(2)8(10)12-5-13-9(11)7(3)4;1-8(2,3)7(10)9(4,5)6;2*1-8(2,3)7-9(4,5)6;1-5(2)7(9)8(10)6(3)4;1-3-6(8)10-5-11-7(9)4-2;1-5(2)7(8)6(3)4;2*1-6(2)5-7(3)4;1-3-5(7)6(8)4-2;1-3-5(6)4-2;1-3-5-4-2;/h3-12,14-15H,13H2,1-2H3;7H2,1-6H3;1-6H3;6-7H,5H2,1-4H3;1-6H3;2*7H2,1-6H3;5-6H,1-4H3;3-5H2,1-2H3;5-6H,1-4H3;2*6-7H,5H2,1-4H3;3-4H2,1-2H3;3-4H2,1-2H3;3-5H2,1-2H3;1H4. The highest BCUT2D eigenvalue weighted by atomic mass is 16.7. The van der Waals surface area contributed by atoms with Crippen molar-refractivity contribution in [2.24, 2.45) is 113 Å². The van der Waals surface area contributed by atoms with Crippen molar-refractivity contribution in [3.05, 3.63) is 71.8 Å². The maximum absolute atomic E-state index is 11.5. The van der Waals surface area contributed by atoms with Crippen molar-refractivity contribution in [2.45, 2.75) is 525 Å². The predicted molar refractivity (Wildman–Crippen MR) is 626 cm³/mol. The fourth-order valence-corrected chi connectivity index (χ4v) is 12.9. The number of carbonyl (C=O) groups excluding carboxylic acids is 15. The molecular formula is C127H240O21. The molecule has 0 saturated heterocycles. The summed E-state index contributed by atoms with van der Waals surface area (Å²) < 4.78 is 27.8. The summed E-state index contributed by atoms with van der Waals surface area (Å²) in [5, 5.41) is 0. The van der Waals surface area contributed by atoms with E-state index in [1.54, 1.807) is 166 Å². The second-order valence-corrected chi connectivity index (χ2v) is 52.1. The zero-order chi connectivity index (χ0) is 120. The Labute approximate surface area is 913 Å². The monoisotopic (exact) mass is 2100 g/mol. The van der Waals surface area contributed by atoms with Crippen LogP contribution in [0.1, 0.15) is 536 Å². The first kappa shape index (κ1) is 171. The maximum Gasteiger partial charge on any atom is 0.314 e. The number of rotatable bonds is 31. The molecule has 0 aliphatic carbocycles. The van der Waals surface area contributed by atoms with Crippen LogP contribution in [0.4, 0.5) is 0 Å². The summed E-state index contributed by atoms with van der Waals surface area (Å²) >= 11 is 0. The third kappa shape index (κ3) is 125. The van der Waals surface area contributed by atoms with Gasteiger partial charge in [0.25, 0.3) is 0 Å². The average molecular weight is 2100 g/mol. The lowest BCUT2D eigenvalue weighted by Gasteiger charge is -2.28. The Morgan fingerprint density at radius 3 is 0.608 bits per heavy atom. The van der Waals surface area contributed by atoms with Gasteiger partial charge in [-0.3, -0.25) is 71.9 Å². The number of hydrogen-bond donors (Lipinski definition) is 0. The van der Waals surface area contributed by atoms with Crippen LogP contribution in [0, 0.1) is 113 Å². The molecule has 874 valence electrons. The molecule has 21 nitrogen and oxygen atoms in total. The number of Topliss-reactive ketones (excluding diaryl/α,β-unsaturated/α-hetero) is 9. The normalized spacial score (nSPS) is 11.5. The van der Waals surface area contributed by atoms with Crippen molar-refractivity contribution in [1.29, 1.82) is 0 Å². The number of benzene rings is 2. The first-order chi connectivity index (χ1) is 65.8. The van der Waals surface area contributed by atoms with Gasteiger partial charge in [-0.15, -0.1) is 0 Å². The number of carbonyl (C=O) groups is 15. The fourth-order valence-electron chi connectivity index (χ4n) is 12.9. The van der Waals surface area contributed by atoms with Crippen molar-refractivity contribution in [1.82, 2.24) is 0 Å². The van der Waals surface area contributed by atoms with Crippen LogP contribution in [0.3, 0.4) is 0 Å². The molecule has 0 heterocycles. The lowest BCUT2D eigenvalue weighted by molar-refractivity contribution is -0.178. The molecule has 0 aliphatic rings. The van der Waals surface area contributed by atoms with Gasteiger partial charge in [0.2, 0.25) is 43.5 Å². The highest BCUT2D eigenvalue weighted by Crippen LogP contribution is 2.35. The lowest BCUT2D eigenvalue weighted by Crippen LogP contribution is -2.36. The van der Waals surface area contributed by atoms with Crippen LogP contribution < -0.4 is 0 Å². The minimum Gasteiger partial charge on any atom is -0.428 e. The molecule has 2 aromatic rings. The van der Waals surface area contributed by atoms with Gasteiger partial charge in [0.05, 0.1) is 22.7 Å². The van der Waals surface area contributed by atoms with Gasteiger partial charge in [0.15, 0.2) is 11.6 Å². The van der Waals surface area contributed by atoms with Gasteiger partial charge in [-0.1, -0.05) is 461 Å². The summed E-state index contributed by atoms with van der Waals surface area (Å²) in [6, 6.07) is 21.6. The smallest absolute Gasteiger partial charge is 0.314 e. The first-order valence-electron chi connectivity index (χ1n) is 54.7. The van der Waals surface area contributed by atoms with Crippen LogP contribution >= 0.6 is 0 Å². The second kappa shape index (κ2) is 89.7. The minimum absolute atomic E-state index is 0. The zero-order valence-corrected chi connectivity index (χ0v) is 107. The van der Waals surface area contributed by atoms with Crippen LogP contribution in [0.25, 0.3) is 0 Å². The summed E-state index contributed by atoms with van der Waals surface area (Å²) in [6.45, 7) is 119. The van der Waals surface area contributed by atoms with E-state index in [4.69, 9.17) is 9.47 Å². The molecule has 0 fully saturated rings. The van der Waals surface area contributed by atoms with Gasteiger partial charge in [-0.2, -0.15) is 0 Å². The molecule has 0 N–H and O–H groups in total. The highest BCUT2D eigenvalue weighted by molar-refractivity contribution is 6.40. The summed E-state index contributed by atoms with van der Waals surface area (Å²) in [5.41, 5.74) is 2.17. The molecule has 2 aromatic carbocycles. The Morgan fingerprint density at radius 1 is 0.257 bits per heavy atom. The van der Waals surface area contributed by atoms with E-state index in [9.17, 15) is 71.9 Å². The van der Waals surface area contributed by atoms with Crippen molar-refractivity contribution >= 4 is 87.9 Å². The Bertz CT molecular complexity index is 3500. The lowest BCUT2D eigenvalue weighted by atomic mass is 9.76. The zero-order valence-electron chi connectivity index (χ0n) is 107. The summed E-state index contributed by atoms with van der Waals surface area (Å²) in [4.78, 5) is 163. The Hall–Kier alpha value is -7.71. The van der Waals surface area contributed by atoms with Crippen LogP contribution in [-0.2, 0) is 100 Å². The largest absolute Gasteiger partial charge is 0.428 e. The molecule has 0 aromatic heterocycles. The molecule has 0 spiro atoms. The second-order valence-electron chi connectivity index (χ2n) is 52.1. The van der Waals surface area contributed by atoms with Gasteiger partial charge >= 0.3 is 35.8 Å². The predicted octanol–water partition coefficient (Wildman–Crippen LogP) is 34.9. The topological polar surface area (TPSA) is 311 Å². The molecule has 0 saturated carbocycles. The van der Waals surface area contributed by atoms with Gasteiger partial charge in [0, 0.05) is 83.9 Å². The van der Waals surface area contributed by atoms with Crippen molar-refractivity contribution in [3.63, 3.8) is 0 Å². The van der Waals surface area contributed by atoms with Gasteiger partial charge in [-0.05, 0) is 142 Å². The van der Waals surface area contributed by atoms with E-state index in [1.807, 2.05) is 83.1 Å². The number of unbranched alkanes of at least 4 members (excludes halogenated alkanes) is 2. The molecule has 148 heavy (non-hydrogen) atoms. The molecule has 2 rings (SSSR count). The van der Waals surface area contributed by atoms with Crippen molar-refractivity contribution < 1.29 is 100 Å². The third-order valence-corrected chi connectivity index (χ3v) is 19.2. The van der Waals surface area contributed by atoms with E-state index in [0.29, 0.717) is 89.4 Å². The van der Waals surface area contributed by atoms with E-state index in [1.165, 1.54) is 62.5 Å².